The second-order valence-electron chi connectivity index (χ2n) is 5.82. The van der Waals surface area contributed by atoms with Crippen LogP contribution in [0.25, 0.3) is 0 Å². The van der Waals surface area contributed by atoms with Crippen molar-refractivity contribution in [1.29, 1.82) is 0 Å². The van der Waals surface area contributed by atoms with Gasteiger partial charge in [-0.1, -0.05) is 6.92 Å². The number of rotatable bonds is 6. The fourth-order valence-corrected chi connectivity index (χ4v) is 2.92. The van der Waals surface area contributed by atoms with Crippen LogP contribution in [0.15, 0.2) is 23.2 Å². The van der Waals surface area contributed by atoms with Crippen LogP contribution in [-0.4, -0.2) is 51.3 Å². The third kappa shape index (κ3) is 5.03. The Morgan fingerprint density at radius 1 is 1.35 bits per heavy atom. The molecule has 2 rings (SSSR count). The van der Waals surface area contributed by atoms with Crippen LogP contribution in [0.5, 0.6) is 11.5 Å². The summed E-state index contributed by atoms with van der Waals surface area (Å²) in [4.78, 5) is 6.97. The Morgan fingerprint density at radius 2 is 2.13 bits per heavy atom. The molecular weight excluding hydrogens is 292 g/mol. The van der Waals surface area contributed by atoms with Crippen molar-refractivity contribution in [3.05, 3.63) is 18.2 Å². The number of ether oxygens (including phenoxy) is 2. The molecule has 1 aliphatic rings. The average molecular weight is 320 g/mol. The van der Waals surface area contributed by atoms with E-state index in [0.717, 1.165) is 25.3 Å². The van der Waals surface area contributed by atoms with Gasteiger partial charge in [-0.15, -0.1) is 0 Å². The van der Waals surface area contributed by atoms with Crippen molar-refractivity contribution < 1.29 is 9.47 Å². The summed E-state index contributed by atoms with van der Waals surface area (Å²) in [6.07, 6.45) is 2.47. The number of anilines is 1. The van der Waals surface area contributed by atoms with Crippen LogP contribution in [0.2, 0.25) is 0 Å². The molecule has 1 unspecified atom stereocenters. The lowest BCUT2D eigenvalue weighted by Gasteiger charge is -2.30. The van der Waals surface area contributed by atoms with E-state index in [9.17, 15) is 0 Å². The molecule has 1 saturated heterocycles. The highest BCUT2D eigenvalue weighted by Crippen LogP contribution is 2.29. The summed E-state index contributed by atoms with van der Waals surface area (Å²) in [7, 11) is 3.23. The maximum atomic E-state index is 6.01. The second-order valence-corrected chi connectivity index (χ2v) is 5.82. The van der Waals surface area contributed by atoms with Crippen molar-refractivity contribution in [2.24, 2.45) is 16.6 Å². The number of nitrogens with one attached hydrogen (secondary N) is 1. The van der Waals surface area contributed by atoms with Crippen molar-refractivity contribution in [1.82, 2.24) is 4.90 Å². The van der Waals surface area contributed by atoms with Crippen LogP contribution in [0.4, 0.5) is 5.69 Å². The van der Waals surface area contributed by atoms with E-state index in [4.69, 9.17) is 15.2 Å². The lowest BCUT2D eigenvalue weighted by Crippen LogP contribution is -2.36. The highest BCUT2D eigenvalue weighted by atomic mass is 16.5. The molecular formula is C17H28N4O2. The van der Waals surface area contributed by atoms with Gasteiger partial charge in [0.05, 0.1) is 14.2 Å². The molecule has 0 saturated carbocycles. The molecule has 1 aromatic carbocycles. The Balaban J connectivity index is 1.91. The first-order valence-electron chi connectivity index (χ1n) is 8.17. The van der Waals surface area contributed by atoms with E-state index in [1.165, 1.54) is 19.4 Å². The number of likely N-dealkylation sites (tertiary alicyclic amines) is 1. The number of hydrogen-bond donors (Lipinski definition) is 2. The molecule has 128 valence electrons. The molecule has 0 spiro atoms. The van der Waals surface area contributed by atoms with E-state index in [-0.39, 0.29) is 0 Å². The first-order valence-corrected chi connectivity index (χ1v) is 8.17. The quantitative estimate of drug-likeness (QED) is 0.621. The molecule has 0 aliphatic carbocycles. The molecule has 0 aromatic heterocycles. The molecule has 1 aliphatic heterocycles. The van der Waals surface area contributed by atoms with Gasteiger partial charge in [0.1, 0.15) is 0 Å². The van der Waals surface area contributed by atoms with Crippen molar-refractivity contribution >= 4 is 11.6 Å². The highest BCUT2D eigenvalue weighted by Gasteiger charge is 2.18. The van der Waals surface area contributed by atoms with E-state index < -0.39 is 0 Å². The smallest absolute Gasteiger partial charge is 0.193 e. The van der Waals surface area contributed by atoms with Gasteiger partial charge < -0.3 is 25.4 Å². The largest absolute Gasteiger partial charge is 0.493 e. The van der Waals surface area contributed by atoms with E-state index in [2.05, 4.69) is 22.1 Å². The van der Waals surface area contributed by atoms with Crippen LogP contribution < -0.4 is 20.5 Å². The molecule has 1 heterocycles. The zero-order valence-electron chi connectivity index (χ0n) is 14.3. The Hall–Kier alpha value is -1.95. The predicted molar refractivity (Wildman–Crippen MR) is 94.5 cm³/mol. The van der Waals surface area contributed by atoms with E-state index in [1.807, 2.05) is 18.2 Å². The molecule has 23 heavy (non-hydrogen) atoms. The molecule has 6 nitrogen and oxygen atoms in total. The normalized spacial score (nSPS) is 19.4. The molecule has 6 heteroatoms. The van der Waals surface area contributed by atoms with Crippen molar-refractivity contribution in [2.75, 3.05) is 45.7 Å². The Labute approximate surface area is 138 Å². The van der Waals surface area contributed by atoms with Gasteiger partial charge in [0.15, 0.2) is 17.5 Å². The van der Waals surface area contributed by atoms with E-state index in [0.29, 0.717) is 23.4 Å². The first-order chi connectivity index (χ1) is 11.2. The van der Waals surface area contributed by atoms with Crippen LogP contribution in [0.1, 0.15) is 19.8 Å². The summed E-state index contributed by atoms with van der Waals surface area (Å²) >= 11 is 0. The molecule has 0 bridgehead atoms. The SMILES string of the molecule is CCN1CCCC(CN=C(N)Nc2ccc(OC)c(OC)c2)C1. The van der Waals surface area contributed by atoms with Gasteiger partial charge in [0.2, 0.25) is 0 Å². The summed E-state index contributed by atoms with van der Waals surface area (Å²) in [6.45, 7) is 6.40. The number of nitrogens with zero attached hydrogens (tertiary/aromatic N) is 2. The van der Waals surface area contributed by atoms with E-state index >= 15 is 0 Å². The molecule has 1 atom stereocenters. The van der Waals surface area contributed by atoms with Gasteiger partial charge in [0.25, 0.3) is 0 Å². The molecule has 0 amide bonds. The minimum atomic E-state index is 0.436. The number of aliphatic imine (C=N–C) groups is 1. The average Bonchev–Trinajstić information content (AvgIpc) is 2.60. The summed E-state index contributed by atoms with van der Waals surface area (Å²) in [5.74, 6) is 2.38. The van der Waals surface area contributed by atoms with Gasteiger partial charge >= 0.3 is 0 Å². The summed E-state index contributed by atoms with van der Waals surface area (Å²) in [5, 5.41) is 3.11. The Kier molecular flexibility index (Phi) is 6.52. The zero-order valence-corrected chi connectivity index (χ0v) is 14.3. The Morgan fingerprint density at radius 3 is 2.83 bits per heavy atom. The topological polar surface area (TPSA) is 72.1 Å². The summed E-state index contributed by atoms with van der Waals surface area (Å²) in [5.41, 5.74) is 6.84. The number of methoxy groups -OCH3 is 2. The molecule has 3 N–H and O–H groups in total. The monoisotopic (exact) mass is 320 g/mol. The van der Waals surface area contributed by atoms with Gasteiger partial charge in [-0.25, -0.2) is 0 Å². The van der Waals surface area contributed by atoms with Gasteiger partial charge in [-0.05, 0) is 44.0 Å². The predicted octanol–water partition coefficient (Wildman–Crippen LogP) is 2.16. The zero-order chi connectivity index (χ0) is 16.7. The minimum Gasteiger partial charge on any atom is -0.493 e. The third-order valence-electron chi connectivity index (χ3n) is 4.23. The van der Waals surface area contributed by atoms with Gasteiger partial charge in [-0.2, -0.15) is 0 Å². The maximum absolute atomic E-state index is 6.01. The number of guanidine groups is 1. The van der Waals surface area contributed by atoms with Crippen LogP contribution in [-0.2, 0) is 0 Å². The lowest BCUT2D eigenvalue weighted by atomic mass is 9.98. The maximum Gasteiger partial charge on any atom is 0.193 e. The first kappa shape index (κ1) is 17.4. The number of piperidine rings is 1. The lowest BCUT2D eigenvalue weighted by molar-refractivity contribution is 0.187. The second kappa shape index (κ2) is 8.62. The van der Waals surface area contributed by atoms with Crippen molar-refractivity contribution in [3.63, 3.8) is 0 Å². The van der Waals surface area contributed by atoms with Crippen molar-refractivity contribution in [3.8, 4) is 11.5 Å². The molecule has 1 aromatic rings. The standard InChI is InChI=1S/C17H28N4O2/c1-4-21-9-5-6-13(12-21)11-19-17(18)20-14-7-8-15(22-2)16(10-14)23-3/h7-8,10,13H,4-6,9,11-12H2,1-3H3,(H3,18,19,20). The summed E-state index contributed by atoms with van der Waals surface area (Å²) in [6, 6.07) is 5.58. The third-order valence-corrected chi connectivity index (χ3v) is 4.23. The van der Waals surface area contributed by atoms with Gasteiger partial charge in [0, 0.05) is 24.8 Å². The number of hydrogen-bond acceptors (Lipinski definition) is 4. The fourth-order valence-electron chi connectivity index (χ4n) is 2.92. The van der Waals surface area contributed by atoms with E-state index in [1.54, 1.807) is 14.2 Å². The fraction of sp³-hybridized carbons (Fsp3) is 0.588. The Bertz CT molecular complexity index is 533. The number of nitrogens with two attached hydrogens (primary N) is 1. The summed E-state index contributed by atoms with van der Waals surface area (Å²) < 4.78 is 10.5. The molecule has 0 radical (unpaired) electrons. The number of benzene rings is 1. The van der Waals surface area contributed by atoms with Crippen molar-refractivity contribution in [2.45, 2.75) is 19.8 Å². The molecule has 1 fully saturated rings. The van der Waals surface area contributed by atoms with Gasteiger partial charge in [-0.3, -0.25) is 4.99 Å². The van der Waals surface area contributed by atoms with Crippen LogP contribution >= 0.6 is 0 Å². The minimum absolute atomic E-state index is 0.436. The van der Waals surface area contributed by atoms with Crippen LogP contribution in [0, 0.1) is 5.92 Å². The highest BCUT2D eigenvalue weighted by molar-refractivity contribution is 5.92. The van der Waals surface area contributed by atoms with Crippen LogP contribution in [0.3, 0.4) is 0 Å².